The van der Waals surface area contributed by atoms with Crippen LogP contribution < -0.4 is 104 Å². The standard InChI is InChI=1S/C16H34.C6H8O7.3Na/c1-4-5-6-7-8-9-10-11-12-13-14-15-16(2)3;7-3(8)1-6(13,5(11)12)2-4(9)10;;;/h16H,4-15H2,1-3H3;13H,1-2H2,(H,7,8)(H,9,10)(H,11,12);;;/q;;3*+1/p-3. The van der Waals surface area contributed by atoms with Gasteiger partial charge in [0.2, 0.25) is 0 Å². The van der Waals surface area contributed by atoms with Crippen LogP contribution >= 0.6 is 0 Å². The molecule has 0 spiro atoms. The summed E-state index contributed by atoms with van der Waals surface area (Å²) >= 11 is 0. The van der Waals surface area contributed by atoms with E-state index in [4.69, 9.17) is 5.11 Å². The average molecular weight is 485 g/mol. The van der Waals surface area contributed by atoms with E-state index in [1.54, 1.807) is 0 Å². The van der Waals surface area contributed by atoms with E-state index in [-0.39, 0.29) is 88.7 Å². The van der Waals surface area contributed by atoms with Gasteiger partial charge < -0.3 is 34.8 Å². The molecule has 0 rings (SSSR count). The summed E-state index contributed by atoms with van der Waals surface area (Å²) in [5.74, 6) is -5.08. The number of rotatable bonds is 17. The molecule has 172 valence electrons. The number of aliphatic hydroxyl groups is 1. The van der Waals surface area contributed by atoms with Crippen molar-refractivity contribution in [2.24, 2.45) is 5.92 Å². The van der Waals surface area contributed by atoms with Gasteiger partial charge in [-0.25, -0.2) is 0 Å². The summed E-state index contributed by atoms with van der Waals surface area (Å²) < 4.78 is 0. The number of aliphatic carboxylic acids is 3. The molecule has 0 aromatic rings. The normalized spacial score (nSPS) is 10.0. The number of carbonyl (C=O) groups is 3. The molecule has 10 heteroatoms. The average Bonchev–Trinajstić information content (AvgIpc) is 2.58. The summed E-state index contributed by atoms with van der Waals surface area (Å²) in [5.41, 5.74) is -2.97. The Balaban J connectivity index is -0.000000141. The number of hydrogen-bond acceptors (Lipinski definition) is 7. The number of carboxylic acid groups (broad SMARTS) is 3. The Kier molecular flexibility index (Phi) is 38.8. The van der Waals surface area contributed by atoms with Gasteiger partial charge in [0.1, 0.15) is 5.60 Å². The minimum absolute atomic E-state index is 0. The maximum atomic E-state index is 10.1. The van der Waals surface area contributed by atoms with Crippen molar-refractivity contribution in [3.05, 3.63) is 0 Å². The van der Waals surface area contributed by atoms with Gasteiger partial charge in [0, 0.05) is 24.8 Å². The fourth-order valence-corrected chi connectivity index (χ4v) is 2.90. The van der Waals surface area contributed by atoms with Crippen molar-refractivity contribution in [3.8, 4) is 0 Å². The SMILES string of the molecule is CCCCCCCCCCCCCC(C)C.O=C([O-])CC(O)(CC(=O)[O-])C(=O)[O-].[Na+].[Na+].[Na+]. The van der Waals surface area contributed by atoms with E-state index in [0.29, 0.717) is 0 Å². The van der Waals surface area contributed by atoms with E-state index >= 15 is 0 Å². The molecular weight excluding hydrogens is 445 g/mol. The molecule has 0 radical (unpaired) electrons. The zero-order valence-corrected chi connectivity index (χ0v) is 27.4. The first-order chi connectivity index (χ1) is 13.5. The van der Waals surface area contributed by atoms with Gasteiger partial charge in [-0.15, -0.1) is 0 Å². The van der Waals surface area contributed by atoms with Crippen LogP contribution in [0.1, 0.15) is 111 Å². The molecule has 32 heavy (non-hydrogen) atoms. The third kappa shape index (κ3) is 31.4. The van der Waals surface area contributed by atoms with Crippen LogP contribution in [0.25, 0.3) is 0 Å². The molecule has 0 aliphatic rings. The molecule has 0 bridgehead atoms. The third-order valence-electron chi connectivity index (χ3n) is 4.64. The summed E-state index contributed by atoms with van der Waals surface area (Å²) in [5, 5.41) is 38.9. The molecule has 0 unspecified atom stereocenters. The third-order valence-corrected chi connectivity index (χ3v) is 4.64. The Hall–Kier alpha value is 1.37. The Morgan fingerprint density at radius 1 is 0.688 bits per heavy atom. The molecule has 0 aromatic heterocycles. The van der Waals surface area contributed by atoms with Crippen LogP contribution in [0, 0.1) is 5.92 Å². The van der Waals surface area contributed by atoms with Gasteiger partial charge in [0.05, 0.1) is 5.97 Å². The van der Waals surface area contributed by atoms with E-state index < -0.39 is 36.4 Å². The van der Waals surface area contributed by atoms with Crippen molar-refractivity contribution in [2.75, 3.05) is 0 Å². The summed E-state index contributed by atoms with van der Waals surface area (Å²) in [4.78, 5) is 30.0. The molecule has 0 atom stereocenters. The van der Waals surface area contributed by atoms with Gasteiger partial charge in [-0.3, -0.25) is 0 Å². The molecule has 7 nitrogen and oxygen atoms in total. The smallest absolute Gasteiger partial charge is 0.550 e. The molecule has 0 fully saturated rings. The molecule has 0 saturated carbocycles. The molecule has 0 aliphatic carbocycles. The van der Waals surface area contributed by atoms with Gasteiger partial charge in [-0.1, -0.05) is 97.8 Å². The van der Waals surface area contributed by atoms with Crippen molar-refractivity contribution in [2.45, 2.75) is 116 Å². The first kappa shape index (κ1) is 43.4. The maximum absolute atomic E-state index is 10.1. The van der Waals surface area contributed by atoms with Crippen molar-refractivity contribution in [1.29, 1.82) is 0 Å². The number of carbonyl (C=O) groups excluding carboxylic acids is 3. The van der Waals surface area contributed by atoms with Crippen molar-refractivity contribution in [3.63, 3.8) is 0 Å². The number of hydrogen-bond donors (Lipinski definition) is 1. The second-order valence-corrected chi connectivity index (χ2v) is 8.13. The Morgan fingerprint density at radius 3 is 1.25 bits per heavy atom. The second-order valence-electron chi connectivity index (χ2n) is 8.13. The topological polar surface area (TPSA) is 141 Å². The molecule has 0 heterocycles. The Bertz CT molecular complexity index is 445. The molecule has 1 N–H and O–H groups in total. The zero-order valence-electron chi connectivity index (χ0n) is 21.4. The van der Waals surface area contributed by atoms with Gasteiger partial charge in [0.15, 0.2) is 0 Å². The molecule has 0 saturated heterocycles. The van der Waals surface area contributed by atoms with Gasteiger partial charge in [-0.2, -0.15) is 0 Å². The molecule has 0 amide bonds. The maximum Gasteiger partial charge on any atom is 1.00 e. The zero-order chi connectivity index (χ0) is 22.7. The van der Waals surface area contributed by atoms with Crippen LogP contribution in [-0.2, 0) is 14.4 Å². The number of unbranched alkanes of at least 4 members (excludes halogenated alkanes) is 10. The summed E-state index contributed by atoms with van der Waals surface area (Å²) in [6.07, 6.45) is 14.8. The molecular formula is C22H39Na3O7. The van der Waals surface area contributed by atoms with Gasteiger partial charge in [0.25, 0.3) is 0 Å². The van der Waals surface area contributed by atoms with E-state index in [1.165, 1.54) is 77.0 Å². The molecule has 0 aliphatic heterocycles. The van der Waals surface area contributed by atoms with Crippen LogP contribution in [-0.4, -0.2) is 28.6 Å². The van der Waals surface area contributed by atoms with Crippen LogP contribution in [0.3, 0.4) is 0 Å². The predicted molar refractivity (Wildman–Crippen MR) is 105 cm³/mol. The van der Waals surface area contributed by atoms with Crippen molar-refractivity contribution >= 4 is 17.9 Å². The largest absolute Gasteiger partial charge is 1.00 e. The Morgan fingerprint density at radius 2 is 1.00 bits per heavy atom. The quantitative estimate of drug-likeness (QED) is 0.160. The fraction of sp³-hybridized carbons (Fsp3) is 0.864. The van der Waals surface area contributed by atoms with Gasteiger partial charge in [-0.05, 0) is 5.92 Å². The minimum atomic E-state index is -2.97. The van der Waals surface area contributed by atoms with E-state index in [2.05, 4.69) is 20.8 Å². The summed E-state index contributed by atoms with van der Waals surface area (Å²) in [7, 11) is 0. The van der Waals surface area contributed by atoms with E-state index in [0.717, 1.165) is 5.92 Å². The predicted octanol–water partition coefficient (Wildman–Crippen LogP) is -7.90. The van der Waals surface area contributed by atoms with E-state index in [1.807, 2.05) is 0 Å². The van der Waals surface area contributed by atoms with Crippen LogP contribution in [0.15, 0.2) is 0 Å². The Labute approximate surface area is 260 Å². The van der Waals surface area contributed by atoms with Crippen molar-refractivity contribution < 1.29 is 123 Å². The second kappa shape index (κ2) is 28.6. The summed E-state index contributed by atoms with van der Waals surface area (Å²) in [6.45, 7) is 6.95. The van der Waals surface area contributed by atoms with Crippen LogP contribution in [0.5, 0.6) is 0 Å². The first-order valence-corrected chi connectivity index (χ1v) is 10.9. The first-order valence-electron chi connectivity index (χ1n) is 10.9. The molecule has 0 aromatic carbocycles. The minimum Gasteiger partial charge on any atom is -0.550 e. The number of carboxylic acids is 3. The van der Waals surface area contributed by atoms with Gasteiger partial charge >= 0.3 is 88.7 Å². The van der Waals surface area contributed by atoms with Crippen LogP contribution in [0.2, 0.25) is 0 Å². The van der Waals surface area contributed by atoms with Crippen molar-refractivity contribution in [1.82, 2.24) is 0 Å². The fourth-order valence-electron chi connectivity index (χ4n) is 2.90. The summed E-state index contributed by atoms with van der Waals surface area (Å²) in [6, 6.07) is 0. The van der Waals surface area contributed by atoms with E-state index in [9.17, 15) is 29.7 Å². The monoisotopic (exact) mass is 484 g/mol. The van der Waals surface area contributed by atoms with Crippen LogP contribution in [0.4, 0.5) is 0 Å².